The fourth-order valence-corrected chi connectivity index (χ4v) is 3.85. The minimum Gasteiger partial charge on any atom is -0.493 e. The Balaban J connectivity index is 1.38. The molecule has 0 radical (unpaired) electrons. The Labute approximate surface area is 175 Å². The lowest BCUT2D eigenvalue weighted by molar-refractivity contribution is -0.125. The van der Waals surface area contributed by atoms with Crippen LogP contribution in [0.1, 0.15) is 43.7 Å². The summed E-state index contributed by atoms with van der Waals surface area (Å²) in [5.74, 6) is 1.32. The van der Waals surface area contributed by atoms with Gasteiger partial charge in [0.1, 0.15) is 5.75 Å². The van der Waals surface area contributed by atoms with Crippen LogP contribution in [0.4, 0.5) is 5.69 Å². The fraction of sp³-hybridized carbons (Fsp3) is 0.480. The molecule has 0 aromatic heterocycles. The Morgan fingerprint density at radius 3 is 2.55 bits per heavy atom. The lowest BCUT2D eigenvalue weighted by Crippen LogP contribution is -2.40. The predicted molar refractivity (Wildman–Crippen MR) is 120 cm³/mol. The van der Waals surface area contributed by atoms with E-state index in [0.29, 0.717) is 0 Å². The van der Waals surface area contributed by atoms with Gasteiger partial charge in [0.2, 0.25) is 5.91 Å². The number of hydrogen-bond donors (Lipinski definition) is 1. The van der Waals surface area contributed by atoms with Crippen molar-refractivity contribution >= 4 is 11.6 Å². The normalized spacial score (nSPS) is 14.6. The monoisotopic (exact) mass is 394 g/mol. The van der Waals surface area contributed by atoms with E-state index in [4.69, 9.17) is 4.74 Å². The van der Waals surface area contributed by atoms with Crippen LogP contribution in [-0.2, 0) is 11.2 Å². The van der Waals surface area contributed by atoms with E-state index in [-0.39, 0.29) is 11.8 Å². The molecule has 4 nitrogen and oxygen atoms in total. The van der Waals surface area contributed by atoms with Crippen molar-refractivity contribution in [1.29, 1.82) is 0 Å². The number of carbonyl (C=O) groups excluding carboxylic acids is 1. The first-order chi connectivity index (χ1) is 14.2. The SMILES string of the molecule is CCCOc1ccccc1CCCNC(=O)C1CCN(c2ccc(C)cc2)CC1. The highest BCUT2D eigenvalue weighted by Crippen LogP contribution is 2.24. The highest BCUT2D eigenvalue weighted by Gasteiger charge is 2.24. The van der Waals surface area contributed by atoms with Gasteiger partial charge in [0, 0.05) is 31.2 Å². The quantitative estimate of drug-likeness (QED) is 0.624. The number of nitrogens with one attached hydrogen (secondary N) is 1. The van der Waals surface area contributed by atoms with Crippen LogP contribution in [0, 0.1) is 12.8 Å². The number of anilines is 1. The van der Waals surface area contributed by atoms with E-state index in [0.717, 1.165) is 64.1 Å². The molecule has 1 N–H and O–H groups in total. The minimum absolute atomic E-state index is 0.136. The summed E-state index contributed by atoms with van der Waals surface area (Å²) in [6.07, 6.45) is 4.71. The lowest BCUT2D eigenvalue weighted by atomic mass is 9.95. The summed E-state index contributed by atoms with van der Waals surface area (Å²) in [4.78, 5) is 14.9. The smallest absolute Gasteiger partial charge is 0.223 e. The third-order valence-electron chi connectivity index (χ3n) is 5.62. The maximum Gasteiger partial charge on any atom is 0.223 e. The zero-order valence-electron chi connectivity index (χ0n) is 17.8. The van der Waals surface area contributed by atoms with Gasteiger partial charge >= 0.3 is 0 Å². The Morgan fingerprint density at radius 2 is 1.83 bits per heavy atom. The number of aryl methyl sites for hydroxylation is 2. The van der Waals surface area contributed by atoms with Gasteiger partial charge < -0.3 is 15.0 Å². The molecule has 1 saturated heterocycles. The number of benzene rings is 2. The maximum absolute atomic E-state index is 12.6. The van der Waals surface area contributed by atoms with Crippen LogP contribution in [0.25, 0.3) is 0 Å². The second-order valence-electron chi connectivity index (χ2n) is 7.95. The first-order valence-corrected chi connectivity index (χ1v) is 11.0. The molecule has 0 saturated carbocycles. The van der Waals surface area contributed by atoms with Crippen LogP contribution in [0.5, 0.6) is 5.75 Å². The largest absolute Gasteiger partial charge is 0.493 e. The van der Waals surface area contributed by atoms with Crippen LogP contribution in [0.3, 0.4) is 0 Å². The molecule has 0 unspecified atom stereocenters. The van der Waals surface area contributed by atoms with Crippen molar-refractivity contribution in [3.8, 4) is 5.75 Å². The van der Waals surface area contributed by atoms with Gasteiger partial charge in [0.05, 0.1) is 6.61 Å². The van der Waals surface area contributed by atoms with Crippen molar-refractivity contribution in [2.75, 3.05) is 31.1 Å². The number of piperidine rings is 1. The molecule has 0 atom stereocenters. The summed E-state index contributed by atoms with van der Waals surface area (Å²) in [6.45, 7) is 7.58. The lowest BCUT2D eigenvalue weighted by Gasteiger charge is -2.33. The summed E-state index contributed by atoms with van der Waals surface area (Å²) in [7, 11) is 0. The van der Waals surface area contributed by atoms with E-state index in [1.807, 2.05) is 12.1 Å². The maximum atomic E-state index is 12.6. The molecule has 1 amide bonds. The van der Waals surface area contributed by atoms with Gasteiger partial charge in [-0.05, 0) is 62.8 Å². The zero-order chi connectivity index (χ0) is 20.5. The van der Waals surface area contributed by atoms with Crippen LogP contribution < -0.4 is 15.0 Å². The summed E-state index contributed by atoms with van der Waals surface area (Å²) in [6, 6.07) is 16.9. The number of rotatable bonds is 9. The van der Waals surface area contributed by atoms with Crippen LogP contribution in [0.15, 0.2) is 48.5 Å². The van der Waals surface area contributed by atoms with Gasteiger partial charge in [0.25, 0.3) is 0 Å². The van der Waals surface area contributed by atoms with E-state index < -0.39 is 0 Å². The average Bonchev–Trinajstić information content (AvgIpc) is 2.76. The van der Waals surface area contributed by atoms with Crippen molar-refractivity contribution in [3.63, 3.8) is 0 Å². The number of carbonyl (C=O) groups is 1. The molecular weight excluding hydrogens is 360 g/mol. The fourth-order valence-electron chi connectivity index (χ4n) is 3.85. The van der Waals surface area contributed by atoms with E-state index in [1.165, 1.54) is 16.8 Å². The van der Waals surface area contributed by atoms with Gasteiger partial charge in [0.15, 0.2) is 0 Å². The van der Waals surface area contributed by atoms with E-state index >= 15 is 0 Å². The number of ether oxygens (including phenoxy) is 1. The van der Waals surface area contributed by atoms with Gasteiger partial charge in [-0.1, -0.05) is 42.8 Å². The second kappa shape index (κ2) is 10.9. The Hall–Kier alpha value is -2.49. The van der Waals surface area contributed by atoms with Gasteiger partial charge in [-0.15, -0.1) is 0 Å². The average molecular weight is 395 g/mol. The van der Waals surface area contributed by atoms with E-state index in [1.54, 1.807) is 0 Å². The van der Waals surface area contributed by atoms with Gasteiger partial charge in [-0.2, -0.15) is 0 Å². The molecule has 1 aliphatic heterocycles. The number of hydrogen-bond acceptors (Lipinski definition) is 3. The first-order valence-electron chi connectivity index (χ1n) is 11.0. The molecule has 2 aromatic carbocycles. The van der Waals surface area contributed by atoms with Crippen LogP contribution in [0.2, 0.25) is 0 Å². The second-order valence-corrected chi connectivity index (χ2v) is 7.95. The minimum atomic E-state index is 0.136. The molecule has 0 bridgehead atoms. The molecule has 1 heterocycles. The van der Waals surface area contributed by atoms with E-state index in [2.05, 4.69) is 60.5 Å². The predicted octanol–water partition coefficient (Wildman–Crippen LogP) is 4.75. The molecule has 4 heteroatoms. The molecule has 3 rings (SSSR count). The molecular formula is C25H34N2O2. The summed E-state index contributed by atoms with van der Waals surface area (Å²) in [5, 5.41) is 3.15. The van der Waals surface area contributed by atoms with Crippen molar-refractivity contribution in [1.82, 2.24) is 5.32 Å². The molecule has 1 aliphatic rings. The topological polar surface area (TPSA) is 41.6 Å². The third-order valence-corrected chi connectivity index (χ3v) is 5.62. The molecule has 29 heavy (non-hydrogen) atoms. The van der Waals surface area contributed by atoms with Crippen molar-refractivity contribution in [2.24, 2.45) is 5.92 Å². The zero-order valence-corrected chi connectivity index (χ0v) is 17.8. The molecule has 156 valence electrons. The Kier molecular flexibility index (Phi) is 7.97. The standard InChI is InChI=1S/C25H34N2O2/c1-3-19-29-24-9-5-4-7-21(24)8-6-16-26-25(28)22-14-17-27(18-15-22)23-12-10-20(2)11-13-23/h4-5,7,9-13,22H,3,6,8,14-19H2,1-2H3,(H,26,28). The Bertz CT molecular complexity index is 765. The highest BCUT2D eigenvalue weighted by atomic mass is 16.5. The highest BCUT2D eigenvalue weighted by molar-refractivity contribution is 5.79. The molecule has 1 fully saturated rings. The summed E-state index contributed by atoms with van der Waals surface area (Å²) < 4.78 is 5.82. The van der Waals surface area contributed by atoms with Gasteiger partial charge in [-0.25, -0.2) is 0 Å². The summed E-state index contributed by atoms with van der Waals surface area (Å²) >= 11 is 0. The third kappa shape index (κ3) is 6.25. The number of amides is 1. The number of nitrogens with zero attached hydrogens (tertiary/aromatic N) is 1. The summed E-state index contributed by atoms with van der Waals surface area (Å²) in [5.41, 5.74) is 3.77. The number of para-hydroxylation sites is 1. The molecule has 0 spiro atoms. The van der Waals surface area contributed by atoms with Gasteiger partial charge in [-0.3, -0.25) is 4.79 Å². The molecule has 2 aromatic rings. The Morgan fingerprint density at radius 1 is 1.10 bits per heavy atom. The van der Waals surface area contributed by atoms with Crippen LogP contribution in [-0.4, -0.2) is 32.1 Å². The first kappa shape index (κ1) is 21.2. The van der Waals surface area contributed by atoms with E-state index in [9.17, 15) is 4.79 Å². The molecule has 0 aliphatic carbocycles. The van der Waals surface area contributed by atoms with Crippen LogP contribution >= 0.6 is 0 Å². The van der Waals surface area contributed by atoms with Crippen molar-refractivity contribution in [2.45, 2.75) is 46.0 Å². The van der Waals surface area contributed by atoms with Crippen molar-refractivity contribution in [3.05, 3.63) is 59.7 Å². The van der Waals surface area contributed by atoms with Crippen molar-refractivity contribution < 1.29 is 9.53 Å².